The molecule has 0 aromatic heterocycles. The summed E-state index contributed by atoms with van der Waals surface area (Å²) in [5, 5.41) is 2.77. The predicted molar refractivity (Wildman–Crippen MR) is 39.9 cm³/mol. The van der Waals surface area contributed by atoms with Crippen LogP contribution in [0.15, 0.2) is 17.8 Å². The van der Waals surface area contributed by atoms with E-state index in [4.69, 9.17) is 5.53 Å². The van der Waals surface area contributed by atoms with Crippen molar-refractivity contribution in [2.45, 2.75) is 6.42 Å². The summed E-state index contributed by atoms with van der Waals surface area (Å²) in [6.45, 7) is 3.06. The number of esters is 1. The lowest BCUT2D eigenvalue weighted by atomic mass is 10.4. The Labute approximate surface area is 68.4 Å². The van der Waals surface area contributed by atoms with E-state index >= 15 is 0 Å². The zero-order chi connectivity index (χ0) is 9.40. The van der Waals surface area contributed by atoms with Crippen LogP contribution in [0.25, 0.3) is 10.4 Å². The van der Waals surface area contributed by atoms with Crippen molar-refractivity contribution in [1.82, 2.24) is 0 Å². The van der Waals surface area contributed by atoms with Crippen LogP contribution >= 0.6 is 0 Å². The van der Waals surface area contributed by atoms with Gasteiger partial charge in [-0.15, -0.1) is 0 Å². The van der Waals surface area contributed by atoms with E-state index in [1.54, 1.807) is 0 Å². The summed E-state index contributed by atoms with van der Waals surface area (Å²) in [6.07, 6.45) is 0.877. The summed E-state index contributed by atoms with van der Waals surface area (Å²) >= 11 is 0. The van der Waals surface area contributed by atoms with Gasteiger partial charge in [-0.3, -0.25) is 4.79 Å². The first-order chi connectivity index (χ1) is 5.70. The van der Waals surface area contributed by atoms with Gasteiger partial charge in [0.2, 0.25) is 5.91 Å². The number of carbonyl (C=O) groups excluding carboxylic acids is 2. The van der Waals surface area contributed by atoms with E-state index in [-0.39, 0.29) is 13.0 Å². The minimum atomic E-state index is -0.658. The summed E-state index contributed by atoms with van der Waals surface area (Å²) in [6, 6.07) is 0. The minimum Gasteiger partial charge on any atom is -0.462 e. The summed E-state index contributed by atoms with van der Waals surface area (Å²) < 4.78 is 4.45. The monoisotopic (exact) mass is 169 g/mol. The lowest BCUT2D eigenvalue weighted by Crippen LogP contribution is -2.05. The van der Waals surface area contributed by atoms with Gasteiger partial charge >= 0.3 is 5.97 Å². The highest BCUT2D eigenvalue weighted by molar-refractivity contribution is 5.82. The van der Waals surface area contributed by atoms with Crippen LogP contribution in [0.1, 0.15) is 6.42 Å². The quantitative estimate of drug-likeness (QED) is 0.206. The Balaban J connectivity index is 3.56. The van der Waals surface area contributed by atoms with Gasteiger partial charge in [0.15, 0.2) is 0 Å². The van der Waals surface area contributed by atoms with E-state index in [0.29, 0.717) is 0 Å². The van der Waals surface area contributed by atoms with Crippen molar-refractivity contribution in [3.8, 4) is 0 Å². The van der Waals surface area contributed by atoms with Gasteiger partial charge in [-0.2, -0.15) is 0 Å². The third-order valence-electron chi connectivity index (χ3n) is 0.883. The molecule has 0 aliphatic rings. The molecule has 0 fully saturated rings. The molecule has 0 atom stereocenters. The van der Waals surface area contributed by atoms with Crippen molar-refractivity contribution in [3.05, 3.63) is 23.1 Å². The standard InChI is InChI=1S/C6H7N3O3/c1-2-6(11)12-4-3-5(10)8-9-7/h2H,1,3-4H2. The molecule has 64 valence electrons. The van der Waals surface area contributed by atoms with Gasteiger partial charge in [0, 0.05) is 17.4 Å². The average Bonchev–Trinajstić information content (AvgIpc) is 2.04. The van der Waals surface area contributed by atoms with E-state index in [1.807, 2.05) is 0 Å². The number of ether oxygens (including phenoxy) is 1. The third kappa shape index (κ3) is 5.01. The Hall–Kier alpha value is -1.81. The van der Waals surface area contributed by atoms with Crippen LogP contribution in [0, 0.1) is 0 Å². The van der Waals surface area contributed by atoms with Crippen molar-refractivity contribution >= 4 is 11.9 Å². The molecule has 0 heterocycles. The largest absolute Gasteiger partial charge is 0.462 e. The summed E-state index contributed by atoms with van der Waals surface area (Å²) in [5.41, 5.74) is 7.80. The maximum Gasteiger partial charge on any atom is 0.330 e. The van der Waals surface area contributed by atoms with Crippen molar-refractivity contribution in [3.63, 3.8) is 0 Å². The zero-order valence-corrected chi connectivity index (χ0v) is 6.27. The van der Waals surface area contributed by atoms with Crippen LogP contribution in [-0.4, -0.2) is 18.5 Å². The van der Waals surface area contributed by atoms with E-state index in [2.05, 4.69) is 21.3 Å². The predicted octanol–water partition coefficient (Wildman–Crippen LogP) is 0.943. The van der Waals surface area contributed by atoms with Gasteiger partial charge in [-0.05, 0) is 10.6 Å². The highest BCUT2D eigenvalue weighted by Gasteiger charge is 1.99. The van der Waals surface area contributed by atoms with Crippen molar-refractivity contribution in [2.24, 2.45) is 5.11 Å². The topological polar surface area (TPSA) is 92.1 Å². The number of hydrogen-bond acceptors (Lipinski definition) is 3. The molecule has 0 aliphatic heterocycles. The maximum absolute atomic E-state index is 10.5. The normalized spacial score (nSPS) is 8.00. The molecule has 0 rings (SSSR count). The van der Waals surface area contributed by atoms with Gasteiger partial charge in [-0.1, -0.05) is 6.58 Å². The van der Waals surface area contributed by atoms with Gasteiger partial charge in [-0.25, -0.2) is 4.79 Å². The minimum absolute atomic E-state index is 0.0945. The molecule has 0 bridgehead atoms. The molecule has 0 unspecified atom stereocenters. The molecule has 0 radical (unpaired) electrons. The van der Waals surface area contributed by atoms with Gasteiger partial charge < -0.3 is 4.74 Å². The van der Waals surface area contributed by atoms with Crippen LogP contribution < -0.4 is 0 Å². The molecule has 0 saturated carbocycles. The number of nitrogens with zero attached hydrogens (tertiary/aromatic N) is 3. The van der Waals surface area contributed by atoms with E-state index < -0.39 is 11.9 Å². The van der Waals surface area contributed by atoms with E-state index in [9.17, 15) is 9.59 Å². The molecule has 1 amide bonds. The number of amides is 1. The van der Waals surface area contributed by atoms with Gasteiger partial charge in [0.25, 0.3) is 0 Å². The van der Waals surface area contributed by atoms with Crippen LogP contribution in [0.5, 0.6) is 0 Å². The second kappa shape index (κ2) is 5.94. The first kappa shape index (κ1) is 10.2. The Morgan fingerprint density at radius 1 is 1.67 bits per heavy atom. The molecule has 0 aromatic rings. The van der Waals surface area contributed by atoms with Crippen molar-refractivity contribution in [1.29, 1.82) is 0 Å². The smallest absolute Gasteiger partial charge is 0.330 e. The van der Waals surface area contributed by atoms with Crippen molar-refractivity contribution in [2.75, 3.05) is 6.61 Å². The van der Waals surface area contributed by atoms with Crippen LogP contribution in [0.3, 0.4) is 0 Å². The van der Waals surface area contributed by atoms with Crippen LogP contribution in [-0.2, 0) is 14.3 Å². The lowest BCUT2D eigenvalue weighted by Gasteiger charge is -1.96. The zero-order valence-electron chi connectivity index (χ0n) is 6.27. The highest BCUT2D eigenvalue weighted by atomic mass is 16.5. The fourth-order valence-electron chi connectivity index (χ4n) is 0.398. The van der Waals surface area contributed by atoms with Gasteiger partial charge in [0.1, 0.15) is 0 Å². The molecule has 0 aromatic carbocycles. The van der Waals surface area contributed by atoms with Gasteiger partial charge in [0.05, 0.1) is 6.61 Å². The Bertz CT molecular complexity index is 242. The lowest BCUT2D eigenvalue weighted by molar-refractivity contribution is -0.138. The van der Waals surface area contributed by atoms with Crippen LogP contribution in [0.2, 0.25) is 0 Å². The Kier molecular flexibility index (Phi) is 5.04. The first-order valence-corrected chi connectivity index (χ1v) is 3.08. The molecule has 0 aliphatic carbocycles. The SMILES string of the molecule is C=CC(=O)OCCC(=O)N=[N+]=[N-]. The third-order valence-corrected chi connectivity index (χ3v) is 0.883. The molecular weight excluding hydrogens is 162 g/mol. The Morgan fingerprint density at radius 3 is 2.83 bits per heavy atom. The summed E-state index contributed by atoms with van der Waals surface area (Å²) in [4.78, 5) is 23.1. The van der Waals surface area contributed by atoms with Crippen molar-refractivity contribution < 1.29 is 14.3 Å². The molecule has 12 heavy (non-hydrogen) atoms. The molecule has 6 nitrogen and oxygen atoms in total. The summed E-state index contributed by atoms with van der Waals surface area (Å²) in [7, 11) is 0. The number of azide groups is 1. The fraction of sp³-hybridized carbons (Fsp3) is 0.333. The van der Waals surface area contributed by atoms with E-state index in [0.717, 1.165) is 6.08 Å². The van der Waals surface area contributed by atoms with E-state index in [1.165, 1.54) is 0 Å². The average molecular weight is 169 g/mol. The molecule has 0 N–H and O–H groups in total. The number of hydrogen-bond donors (Lipinski definition) is 0. The first-order valence-electron chi connectivity index (χ1n) is 3.08. The fourth-order valence-corrected chi connectivity index (χ4v) is 0.398. The summed E-state index contributed by atoms with van der Waals surface area (Å²) in [5.74, 6) is -1.27. The van der Waals surface area contributed by atoms with Crippen LogP contribution in [0.4, 0.5) is 0 Å². The molecule has 0 saturated heterocycles. The second-order valence-corrected chi connectivity index (χ2v) is 1.70. The Morgan fingerprint density at radius 2 is 2.33 bits per heavy atom. The number of rotatable bonds is 4. The highest BCUT2D eigenvalue weighted by Crippen LogP contribution is 1.88. The molecule has 0 spiro atoms. The molecular formula is C6H7N3O3. The maximum atomic E-state index is 10.5. The second-order valence-electron chi connectivity index (χ2n) is 1.70. The molecule has 6 heteroatoms. The number of carbonyl (C=O) groups is 2.